The van der Waals surface area contributed by atoms with Gasteiger partial charge in [-0.2, -0.15) is 0 Å². The normalized spacial score (nSPS) is 17.1. The highest BCUT2D eigenvalue weighted by molar-refractivity contribution is 5.73. The van der Waals surface area contributed by atoms with Crippen LogP contribution in [0.25, 0.3) is 0 Å². The molecule has 1 rings (SSSR count). The van der Waals surface area contributed by atoms with E-state index in [1.165, 1.54) is 12.3 Å². The lowest BCUT2D eigenvalue weighted by Crippen LogP contribution is -2.27. The molecule has 0 heterocycles. The van der Waals surface area contributed by atoms with Crippen LogP contribution in [0.1, 0.15) is 26.2 Å². The zero-order chi connectivity index (χ0) is 12.5. The number of hydrogen-bond donors (Lipinski definition) is 1. The van der Waals surface area contributed by atoms with Crippen molar-refractivity contribution in [1.29, 1.82) is 0 Å². The zero-order valence-electron chi connectivity index (χ0n) is 9.89. The van der Waals surface area contributed by atoms with Gasteiger partial charge in [-0.05, 0) is 31.4 Å². The Morgan fingerprint density at radius 3 is 2.65 bits per heavy atom. The number of aldehydes is 1. The Morgan fingerprint density at radius 1 is 1.35 bits per heavy atom. The third-order valence-electron chi connectivity index (χ3n) is 2.55. The first kappa shape index (κ1) is 13.2. The van der Waals surface area contributed by atoms with E-state index in [1.807, 2.05) is 13.0 Å². The molecule has 4 heteroatoms. The molecule has 4 nitrogen and oxygen atoms in total. The summed E-state index contributed by atoms with van der Waals surface area (Å²) in [6.45, 7) is 1.86. The van der Waals surface area contributed by atoms with Crippen LogP contribution in [0.3, 0.4) is 0 Å². The monoisotopic (exact) mass is 235 g/mol. The Bertz CT molecular complexity index is 352. The minimum Gasteiger partial charge on any atom is -0.344 e. The molecule has 1 fully saturated rings. The van der Waals surface area contributed by atoms with Crippen molar-refractivity contribution in [3.05, 3.63) is 36.1 Å². The molecular formula is C13H17NO3. The summed E-state index contributed by atoms with van der Waals surface area (Å²) >= 11 is 0. The molecule has 0 unspecified atom stereocenters. The minimum absolute atomic E-state index is 0.0478. The average molecular weight is 235 g/mol. The SMILES string of the molecule is C/C=C\C(C=CC=O)=CNOC(=O)C1CCC1. The number of hydrogen-bond acceptors (Lipinski definition) is 4. The van der Waals surface area contributed by atoms with Gasteiger partial charge in [0, 0.05) is 6.20 Å². The highest BCUT2D eigenvalue weighted by Crippen LogP contribution is 2.26. The average Bonchev–Trinajstić information content (AvgIpc) is 2.23. The quantitative estimate of drug-likeness (QED) is 0.331. The maximum absolute atomic E-state index is 11.4. The number of carbonyl (C=O) groups excluding carboxylic acids is 2. The summed E-state index contributed by atoms with van der Waals surface area (Å²) in [6.07, 6.45) is 11.8. The van der Waals surface area contributed by atoms with E-state index in [1.54, 1.807) is 12.2 Å². The molecule has 1 saturated carbocycles. The Morgan fingerprint density at radius 2 is 2.12 bits per heavy atom. The van der Waals surface area contributed by atoms with E-state index in [0.717, 1.165) is 24.8 Å². The van der Waals surface area contributed by atoms with Gasteiger partial charge in [-0.1, -0.05) is 24.6 Å². The highest BCUT2D eigenvalue weighted by Gasteiger charge is 2.26. The van der Waals surface area contributed by atoms with Gasteiger partial charge in [0.1, 0.15) is 6.29 Å². The Hall–Kier alpha value is -1.84. The lowest BCUT2D eigenvalue weighted by molar-refractivity contribution is -0.156. The van der Waals surface area contributed by atoms with Crippen molar-refractivity contribution in [2.45, 2.75) is 26.2 Å². The van der Waals surface area contributed by atoms with Gasteiger partial charge in [0.15, 0.2) is 0 Å². The van der Waals surface area contributed by atoms with E-state index in [4.69, 9.17) is 4.84 Å². The molecule has 1 aliphatic rings. The van der Waals surface area contributed by atoms with Crippen LogP contribution >= 0.6 is 0 Å². The molecule has 0 bridgehead atoms. The first-order valence-electron chi connectivity index (χ1n) is 5.69. The molecule has 0 aromatic carbocycles. The largest absolute Gasteiger partial charge is 0.344 e. The fourth-order valence-corrected chi connectivity index (χ4v) is 1.38. The van der Waals surface area contributed by atoms with Gasteiger partial charge in [0.2, 0.25) is 0 Å². The Balaban J connectivity index is 2.39. The first-order chi connectivity index (χ1) is 8.27. The van der Waals surface area contributed by atoms with E-state index in [2.05, 4.69) is 5.48 Å². The van der Waals surface area contributed by atoms with Crippen LogP contribution in [0.15, 0.2) is 36.1 Å². The van der Waals surface area contributed by atoms with Gasteiger partial charge in [0.25, 0.3) is 0 Å². The summed E-state index contributed by atoms with van der Waals surface area (Å²) in [5, 5.41) is 0. The van der Waals surface area contributed by atoms with Crippen molar-refractivity contribution in [3.63, 3.8) is 0 Å². The Labute approximate surface area is 101 Å². The van der Waals surface area contributed by atoms with Gasteiger partial charge in [-0.25, -0.2) is 10.3 Å². The van der Waals surface area contributed by atoms with Crippen molar-refractivity contribution >= 4 is 12.3 Å². The molecule has 0 aromatic heterocycles. The van der Waals surface area contributed by atoms with E-state index < -0.39 is 0 Å². The summed E-state index contributed by atoms with van der Waals surface area (Å²) in [5.41, 5.74) is 3.25. The number of nitrogens with one attached hydrogen (secondary N) is 1. The van der Waals surface area contributed by atoms with Crippen LogP contribution < -0.4 is 5.48 Å². The fourth-order valence-electron chi connectivity index (χ4n) is 1.38. The van der Waals surface area contributed by atoms with Crippen LogP contribution in [0.4, 0.5) is 0 Å². The summed E-state index contributed by atoms with van der Waals surface area (Å²) in [4.78, 5) is 26.4. The summed E-state index contributed by atoms with van der Waals surface area (Å²) < 4.78 is 0. The van der Waals surface area contributed by atoms with Crippen molar-refractivity contribution < 1.29 is 14.4 Å². The third-order valence-corrected chi connectivity index (χ3v) is 2.55. The second-order valence-electron chi connectivity index (χ2n) is 3.81. The smallest absolute Gasteiger partial charge is 0.335 e. The van der Waals surface area contributed by atoms with Crippen LogP contribution in [0, 0.1) is 5.92 Å². The molecule has 0 aromatic rings. The third kappa shape index (κ3) is 4.68. The molecular weight excluding hydrogens is 218 g/mol. The number of rotatable bonds is 6. The summed E-state index contributed by atoms with van der Waals surface area (Å²) in [5.74, 6) is -0.168. The number of carbonyl (C=O) groups is 2. The molecule has 0 atom stereocenters. The van der Waals surface area contributed by atoms with Crippen molar-refractivity contribution in [2.24, 2.45) is 5.92 Å². The van der Waals surface area contributed by atoms with Gasteiger partial charge >= 0.3 is 5.97 Å². The molecule has 0 spiro atoms. The summed E-state index contributed by atoms with van der Waals surface area (Å²) in [7, 11) is 0. The number of allylic oxidation sites excluding steroid dienone is 5. The standard InChI is InChI=1S/C13H17NO3/c1-2-5-11(6-4-9-15)10-14-17-13(16)12-7-3-8-12/h2,4-6,9-10,12,14H,3,7-8H2,1H3/b5-2-,6-4?,11-10?. The molecule has 1 N–H and O–H groups in total. The lowest BCUT2D eigenvalue weighted by Gasteiger charge is -2.22. The van der Waals surface area contributed by atoms with E-state index in [0.29, 0.717) is 6.29 Å². The van der Waals surface area contributed by atoms with Crippen molar-refractivity contribution in [1.82, 2.24) is 5.48 Å². The molecule has 0 radical (unpaired) electrons. The van der Waals surface area contributed by atoms with Crippen molar-refractivity contribution in [2.75, 3.05) is 0 Å². The molecule has 17 heavy (non-hydrogen) atoms. The van der Waals surface area contributed by atoms with Crippen LogP contribution in [-0.4, -0.2) is 12.3 Å². The van der Waals surface area contributed by atoms with Gasteiger partial charge in [0.05, 0.1) is 5.92 Å². The van der Waals surface area contributed by atoms with Crippen LogP contribution in [0.5, 0.6) is 0 Å². The van der Waals surface area contributed by atoms with Crippen molar-refractivity contribution in [3.8, 4) is 0 Å². The predicted molar refractivity (Wildman–Crippen MR) is 64.7 cm³/mol. The van der Waals surface area contributed by atoms with Gasteiger partial charge in [-0.3, -0.25) is 4.79 Å². The Kier molecular flexibility index (Phi) is 5.79. The van der Waals surface area contributed by atoms with E-state index in [9.17, 15) is 9.59 Å². The second kappa shape index (κ2) is 7.44. The first-order valence-corrected chi connectivity index (χ1v) is 5.69. The molecule has 1 aliphatic carbocycles. The highest BCUT2D eigenvalue weighted by atomic mass is 16.7. The van der Waals surface area contributed by atoms with E-state index in [-0.39, 0.29) is 11.9 Å². The maximum atomic E-state index is 11.4. The molecule has 0 saturated heterocycles. The summed E-state index contributed by atoms with van der Waals surface area (Å²) in [6, 6.07) is 0. The van der Waals surface area contributed by atoms with Crippen LogP contribution in [0.2, 0.25) is 0 Å². The number of hydroxylamine groups is 1. The minimum atomic E-state index is -0.216. The van der Waals surface area contributed by atoms with Gasteiger partial charge < -0.3 is 4.84 Å². The van der Waals surface area contributed by atoms with Crippen LogP contribution in [-0.2, 0) is 14.4 Å². The predicted octanol–water partition coefficient (Wildman–Crippen LogP) is 2.05. The zero-order valence-corrected chi connectivity index (χ0v) is 9.89. The molecule has 0 aliphatic heterocycles. The van der Waals surface area contributed by atoms with Gasteiger partial charge in [-0.15, -0.1) is 0 Å². The maximum Gasteiger partial charge on any atom is 0.335 e. The molecule has 92 valence electrons. The fraction of sp³-hybridized carbons (Fsp3) is 0.385. The second-order valence-corrected chi connectivity index (χ2v) is 3.81. The van der Waals surface area contributed by atoms with E-state index >= 15 is 0 Å². The topological polar surface area (TPSA) is 55.4 Å². The molecule has 0 amide bonds. The lowest BCUT2D eigenvalue weighted by atomic mass is 9.86.